The number of hydrogen-bond donors (Lipinski definition) is 0. The average molecular weight is 174 g/mol. The van der Waals surface area contributed by atoms with Crippen LogP contribution in [-0.2, 0) is 0 Å². The highest BCUT2D eigenvalue weighted by Gasteiger charge is 2.27. The molecule has 0 saturated carbocycles. The van der Waals surface area contributed by atoms with E-state index in [9.17, 15) is 0 Å². The molecule has 0 nitrogen and oxygen atoms in total. The second kappa shape index (κ2) is 3.40. The van der Waals surface area contributed by atoms with Gasteiger partial charge in [-0.2, -0.15) is 23.5 Å². The maximum atomic E-state index is 2.23. The van der Waals surface area contributed by atoms with E-state index in [1.54, 1.807) is 0 Å². The molecule has 0 bridgehead atoms. The molecule has 2 heterocycles. The van der Waals surface area contributed by atoms with Gasteiger partial charge in [0.05, 0.1) is 0 Å². The van der Waals surface area contributed by atoms with Gasteiger partial charge in [-0.05, 0) is 42.4 Å². The summed E-state index contributed by atoms with van der Waals surface area (Å²) in [5.41, 5.74) is 0. The van der Waals surface area contributed by atoms with Gasteiger partial charge in [0, 0.05) is 5.25 Å². The Morgan fingerprint density at radius 1 is 1.10 bits per heavy atom. The molecule has 58 valence electrons. The average Bonchev–Trinajstić information content (AvgIpc) is 2.05. The second-order valence-corrected chi connectivity index (χ2v) is 5.67. The summed E-state index contributed by atoms with van der Waals surface area (Å²) in [7, 11) is 0. The van der Waals surface area contributed by atoms with E-state index in [2.05, 4.69) is 23.5 Å². The van der Waals surface area contributed by atoms with E-state index >= 15 is 0 Å². The van der Waals surface area contributed by atoms with Crippen molar-refractivity contribution in [2.24, 2.45) is 5.92 Å². The number of fused-ring (bicyclic) bond motifs is 1. The second-order valence-electron chi connectivity index (χ2n) is 3.18. The van der Waals surface area contributed by atoms with Crippen LogP contribution in [0.25, 0.3) is 0 Å². The Labute approximate surface area is 71.5 Å². The predicted molar refractivity (Wildman–Crippen MR) is 50.9 cm³/mol. The molecule has 2 fully saturated rings. The number of rotatable bonds is 0. The maximum Gasteiger partial charge on any atom is 0.00910 e. The van der Waals surface area contributed by atoms with Crippen molar-refractivity contribution in [2.45, 2.75) is 24.5 Å². The van der Waals surface area contributed by atoms with Crippen molar-refractivity contribution in [3.05, 3.63) is 0 Å². The zero-order valence-electron chi connectivity index (χ0n) is 6.21. The summed E-state index contributed by atoms with van der Waals surface area (Å²) in [5, 5.41) is 1.05. The summed E-state index contributed by atoms with van der Waals surface area (Å²) in [6, 6.07) is 0. The van der Waals surface area contributed by atoms with Gasteiger partial charge >= 0.3 is 0 Å². The summed E-state index contributed by atoms with van der Waals surface area (Å²) >= 11 is 4.40. The molecule has 0 aliphatic carbocycles. The Kier molecular flexibility index (Phi) is 2.50. The first-order valence-corrected chi connectivity index (χ1v) is 6.36. The molecule has 2 unspecified atom stereocenters. The van der Waals surface area contributed by atoms with E-state index in [1.807, 2.05) is 0 Å². The number of thioether (sulfide) groups is 2. The summed E-state index contributed by atoms with van der Waals surface area (Å²) < 4.78 is 0. The first-order chi connectivity index (χ1) is 4.97. The zero-order chi connectivity index (χ0) is 6.81. The molecule has 2 saturated heterocycles. The highest BCUT2D eigenvalue weighted by atomic mass is 32.2. The van der Waals surface area contributed by atoms with Crippen LogP contribution in [0.1, 0.15) is 19.3 Å². The van der Waals surface area contributed by atoms with Crippen LogP contribution in [0.4, 0.5) is 0 Å². The molecule has 0 spiro atoms. The van der Waals surface area contributed by atoms with Crippen molar-refractivity contribution in [3.8, 4) is 0 Å². The molecular formula is C8H14S2. The fourth-order valence-corrected chi connectivity index (χ4v) is 4.83. The molecule has 2 aliphatic rings. The third-order valence-corrected chi connectivity index (χ3v) is 5.22. The van der Waals surface area contributed by atoms with Crippen LogP contribution in [0.5, 0.6) is 0 Å². The van der Waals surface area contributed by atoms with Gasteiger partial charge in [0.25, 0.3) is 0 Å². The van der Waals surface area contributed by atoms with Gasteiger partial charge in [-0.3, -0.25) is 0 Å². The molecule has 2 heteroatoms. The van der Waals surface area contributed by atoms with Gasteiger partial charge < -0.3 is 0 Å². The highest BCUT2D eigenvalue weighted by molar-refractivity contribution is 8.01. The Bertz CT molecular complexity index is 87.8. The lowest BCUT2D eigenvalue weighted by atomic mass is 9.99. The van der Waals surface area contributed by atoms with E-state index in [-0.39, 0.29) is 0 Å². The van der Waals surface area contributed by atoms with Crippen LogP contribution in [0.2, 0.25) is 0 Å². The van der Waals surface area contributed by atoms with Crippen LogP contribution >= 0.6 is 23.5 Å². The monoisotopic (exact) mass is 174 g/mol. The van der Waals surface area contributed by atoms with Gasteiger partial charge in [-0.1, -0.05) is 0 Å². The normalized spacial score (nSPS) is 40.8. The molecule has 0 N–H and O–H groups in total. The molecule has 2 rings (SSSR count). The van der Waals surface area contributed by atoms with Gasteiger partial charge in [0.2, 0.25) is 0 Å². The fraction of sp³-hybridized carbons (Fsp3) is 1.00. The Morgan fingerprint density at radius 2 is 2.10 bits per heavy atom. The quantitative estimate of drug-likeness (QED) is 0.554. The van der Waals surface area contributed by atoms with Crippen molar-refractivity contribution in [3.63, 3.8) is 0 Å². The third-order valence-electron chi connectivity index (χ3n) is 2.46. The molecule has 0 radical (unpaired) electrons. The Balaban J connectivity index is 1.93. The van der Waals surface area contributed by atoms with Crippen LogP contribution in [-0.4, -0.2) is 22.5 Å². The van der Waals surface area contributed by atoms with Gasteiger partial charge in [0.1, 0.15) is 0 Å². The number of hydrogen-bond acceptors (Lipinski definition) is 2. The van der Waals surface area contributed by atoms with Gasteiger partial charge in [-0.15, -0.1) is 0 Å². The van der Waals surface area contributed by atoms with E-state index < -0.39 is 0 Å². The minimum absolute atomic E-state index is 1.05. The minimum atomic E-state index is 1.05. The zero-order valence-corrected chi connectivity index (χ0v) is 7.85. The largest absolute Gasteiger partial charge is 0.162 e. The predicted octanol–water partition coefficient (Wildman–Crippen LogP) is 2.64. The minimum Gasteiger partial charge on any atom is -0.162 e. The molecule has 0 aromatic heterocycles. The molecule has 2 atom stereocenters. The molecular weight excluding hydrogens is 160 g/mol. The van der Waals surface area contributed by atoms with Crippen LogP contribution in [0.3, 0.4) is 0 Å². The van der Waals surface area contributed by atoms with E-state index in [4.69, 9.17) is 0 Å². The standard InChI is InChI=1S/C8H14S2/c1-2-7-6-9-5-3-8(7)10-4-1/h7-8H,1-6H2. The van der Waals surface area contributed by atoms with Crippen molar-refractivity contribution >= 4 is 23.5 Å². The smallest absolute Gasteiger partial charge is 0.00910 e. The SMILES string of the molecule is C1CSC2CCSCC2C1. The lowest BCUT2D eigenvalue weighted by Crippen LogP contribution is -2.28. The lowest BCUT2D eigenvalue weighted by molar-refractivity contribution is 0.480. The summed E-state index contributed by atoms with van der Waals surface area (Å²) in [6.07, 6.45) is 4.48. The molecule has 0 aromatic rings. The van der Waals surface area contributed by atoms with E-state index in [1.165, 1.54) is 36.5 Å². The Morgan fingerprint density at radius 3 is 3.00 bits per heavy atom. The molecule has 10 heavy (non-hydrogen) atoms. The van der Waals surface area contributed by atoms with E-state index in [0.29, 0.717) is 0 Å². The van der Waals surface area contributed by atoms with E-state index in [0.717, 1.165) is 11.2 Å². The van der Waals surface area contributed by atoms with Gasteiger partial charge in [0.15, 0.2) is 0 Å². The summed E-state index contributed by atoms with van der Waals surface area (Å²) in [6.45, 7) is 0. The van der Waals surface area contributed by atoms with Gasteiger partial charge in [-0.25, -0.2) is 0 Å². The summed E-state index contributed by atoms with van der Waals surface area (Å²) in [5.74, 6) is 5.40. The summed E-state index contributed by atoms with van der Waals surface area (Å²) in [4.78, 5) is 0. The maximum absolute atomic E-state index is 2.23. The Hall–Kier alpha value is 0.700. The van der Waals surface area contributed by atoms with Crippen molar-refractivity contribution < 1.29 is 0 Å². The molecule has 0 amide bonds. The first-order valence-electron chi connectivity index (χ1n) is 4.16. The molecule has 0 aromatic carbocycles. The van der Waals surface area contributed by atoms with Crippen molar-refractivity contribution in [2.75, 3.05) is 17.3 Å². The fourth-order valence-electron chi connectivity index (χ4n) is 1.85. The third kappa shape index (κ3) is 1.48. The topological polar surface area (TPSA) is 0 Å². The molecule has 2 aliphatic heterocycles. The lowest BCUT2D eigenvalue weighted by Gasteiger charge is -2.34. The van der Waals surface area contributed by atoms with Crippen LogP contribution in [0, 0.1) is 5.92 Å². The van der Waals surface area contributed by atoms with Crippen LogP contribution < -0.4 is 0 Å². The van der Waals surface area contributed by atoms with Crippen LogP contribution in [0.15, 0.2) is 0 Å². The highest BCUT2D eigenvalue weighted by Crippen LogP contribution is 2.38. The van der Waals surface area contributed by atoms with Crippen molar-refractivity contribution in [1.29, 1.82) is 0 Å². The van der Waals surface area contributed by atoms with Crippen molar-refractivity contribution in [1.82, 2.24) is 0 Å². The first kappa shape index (κ1) is 7.35.